The van der Waals surface area contributed by atoms with Crippen LogP contribution in [-0.2, 0) is 16.3 Å². The van der Waals surface area contributed by atoms with E-state index < -0.39 is 11.2 Å². The van der Waals surface area contributed by atoms with Crippen molar-refractivity contribution in [2.45, 2.75) is 11.4 Å². The summed E-state index contributed by atoms with van der Waals surface area (Å²) in [6, 6.07) is 0. The molecule has 1 heterocycles. The van der Waals surface area contributed by atoms with Gasteiger partial charge in [-0.2, -0.15) is 4.98 Å². The number of hydrogen-bond acceptors (Lipinski definition) is 2. The van der Waals surface area contributed by atoms with E-state index in [0.29, 0.717) is 17.2 Å². The van der Waals surface area contributed by atoms with Crippen LogP contribution in [-0.4, -0.2) is 26.9 Å². The Kier molecular flexibility index (Phi) is 3.41. The second kappa shape index (κ2) is 4.38. The summed E-state index contributed by atoms with van der Waals surface area (Å²) in [5.74, 6) is 0.411. The highest BCUT2D eigenvalue weighted by Crippen LogP contribution is 2.06. The van der Waals surface area contributed by atoms with Gasteiger partial charge in [0, 0.05) is 17.6 Å². The quantitative estimate of drug-likeness (QED) is 0.667. The molecule has 0 aromatic carbocycles. The van der Waals surface area contributed by atoms with Gasteiger partial charge in [0.05, 0.1) is 19.1 Å². The van der Waals surface area contributed by atoms with Crippen LogP contribution in [0.3, 0.4) is 0 Å². The van der Waals surface area contributed by atoms with Gasteiger partial charge >= 0.3 is 0 Å². The van der Waals surface area contributed by atoms with Crippen LogP contribution in [0.15, 0.2) is 17.6 Å². The lowest BCUT2D eigenvalue weighted by molar-refractivity contribution is 0.194. The molecule has 1 atom stereocenters. The van der Waals surface area contributed by atoms with E-state index in [2.05, 4.69) is 9.97 Å². The predicted octanol–water partition coefficient (Wildman–Crippen LogP) is 0.338. The molecule has 0 saturated carbocycles. The first kappa shape index (κ1) is 8.58. The summed E-state index contributed by atoms with van der Waals surface area (Å²) in [6.45, 7) is -0.170. The van der Waals surface area contributed by atoms with Crippen molar-refractivity contribution in [1.29, 1.82) is 0 Å². The Hall–Kier alpha value is -0.520. The van der Waals surface area contributed by atoms with Crippen molar-refractivity contribution in [3.8, 4) is 0 Å². The van der Waals surface area contributed by atoms with Crippen molar-refractivity contribution < 1.29 is 9.66 Å². The summed E-state index contributed by atoms with van der Waals surface area (Å²) in [5.41, 5.74) is 0. The molecule has 1 aromatic heterocycles. The topological polar surface area (TPSA) is 71.6 Å². The number of rotatable bonds is 4. The van der Waals surface area contributed by atoms with E-state index in [9.17, 15) is 9.66 Å². The maximum Gasteiger partial charge on any atom is 0.262 e. The molecule has 1 aromatic rings. The lowest BCUT2D eigenvalue weighted by Crippen LogP contribution is -2.08. The van der Waals surface area contributed by atoms with Crippen molar-refractivity contribution in [1.82, 2.24) is 9.97 Å². The standard InChI is InChI=1S/C6H9N2O2S/c9-2-1-3-11(10)6-4-7-5-8-6/h4-5H,1-3H2,(H,7,8). The van der Waals surface area contributed by atoms with E-state index in [0.717, 1.165) is 0 Å². The largest absolute Gasteiger partial charge is 0.610 e. The molecule has 1 radical (unpaired) electrons. The number of H-pyrrole nitrogens is 1. The van der Waals surface area contributed by atoms with E-state index >= 15 is 0 Å². The molecule has 1 rings (SSSR count). The monoisotopic (exact) mass is 173 g/mol. The summed E-state index contributed by atoms with van der Waals surface area (Å²) >= 11 is -1.09. The Bertz CT molecular complexity index is 190. The SMILES string of the molecule is [O]CCC[S+]([O-])c1c[nH]cn1. The van der Waals surface area contributed by atoms with Gasteiger partial charge < -0.3 is 9.54 Å². The molecular formula is C6H9N2O2S. The first-order chi connectivity index (χ1) is 5.34. The molecule has 0 saturated heterocycles. The fraction of sp³-hybridized carbons (Fsp3) is 0.500. The highest BCUT2D eigenvalue weighted by Gasteiger charge is 2.11. The normalized spacial score (nSPS) is 13.3. The minimum absolute atomic E-state index is 0.170. The third-order valence-electron chi connectivity index (χ3n) is 1.18. The lowest BCUT2D eigenvalue weighted by atomic mass is 10.5. The molecule has 0 aliphatic heterocycles. The van der Waals surface area contributed by atoms with Crippen LogP contribution in [0.4, 0.5) is 0 Å². The van der Waals surface area contributed by atoms with Crippen molar-refractivity contribution in [3.63, 3.8) is 0 Å². The molecule has 1 N–H and O–H groups in total. The minimum atomic E-state index is -1.09. The summed E-state index contributed by atoms with van der Waals surface area (Å²) in [4.78, 5) is 6.52. The van der Waals surface area contributed by atoms with Crippen LogP contribution in [0, 0.1) is 0 Å². The predicted molar refractivity (Wildman–Crippen MR) is 40.0 cm³/mol. The zero-order valence-corrected chi connectivity index (χ0v) is 6.76. The summed E-state index contributed by atoms with van der Waals surface area (Å²) in [5, 5.41) is 10.6. The second-order valence-corrected chi connectivity index (χ2v) is 3.53. The molecule has 61 valence electrons. The van der Waals surface area contributed by atoms with Gasteiger partial charge in [0.25, 0.3) is 5.03 Å². The fourth-order valence-electron chi connectivity index (χ4n) is 0.666. The van der Waals surface area contributed by atoms with Gasteiger partial charge in [-0.25, -0.2) is 5.11 Å². The molecule has 1 unspecified atom stereocenters. The molecule has 0 aliphatic rings. The van der Waals surface area contributed by atoms with Gasteiger partial charge in [-0.3, -0.25) is 0 Å². The Morgan fingerprint density at radius 2 is 2.55 bits per heavy atom. The number of nitrogens with zero attached hydrogens (tertiary/aromatic N) is 1. The van der Waals surface area contributed by atoms with Crippen LogP contribution >= 0.6 is 0 Å². The van der Waals surface area contributed by atoms with Crippen molar-refractivity contribution in [2.75, 3.05) is 12.4 Å². The van der Waals surface area contributed by atoms with Crippen LogP contribution in [0.2, 0.25) is 0 Å². The third kappa shape index (κ3) is 2.53. The average Bonchev–Trinajstić information content (AvgIpc) is 2.52. The van der Waals surface area contributed by atoms with Gasteiger partial charge in [0.15, 0.2) is 0 Å². The zero-order valence-electron chi connectivity index (χ0n) is 5.95. The number of imidazole rings is 1. The highest BCUT2D eigenvalue weighted by atomic mass is 32.2. The smallest absolute Gasteiger partial charge is 0.262 e. The molecule has 11 heavy (non-hydrogen) atoms. The summed E-state index contributed by atoms with van der Waals surface area (Å²) in [7, 11) is 0. The maximum atomic E-state index is 11.2. The van der Waals surface area contributed by atoms with Crippen LogP contribution in [0.1, 0.15) is 6.42 Å². The van der Waals surface area contributed by atoms with Crippen molar-refractivity contribution in [2.24, 2.45) is 0 Å². The first-order valence-corrected chi connectivity index (χ1v) is 4.61. The number of nitrogens with one attached hydrogen (secondary N) is 1. The summed E-state index contributed by atoms with van der Waals surface area (Å²) < 4.78 is 11.2. The molecule has 0 amide bonds. The Morgan fingerprint density at radius 1 is 1.73 bits per heavy atom. The molecule has 0 fully saturated rings. The molecule has 0 spiro atoms. The highest BCUT2D eigenvalue weighted by molar-refractivity contribution is 7.91. The van der Waals surface area contributed by atoms with E-state index in [-0.39, 0.29) is 6.61 Å². The van der Waals surface area contributed by atoms with E-state index in [1.54, 1.807) is 6.20 Å². The molecule has 4 nitrogen and oxygen atoms in total. The van der Waals surface area contributed by atoms with E-state index in [4.69, 9.17) is 0 Å². The maximum absolute atomic E-state index is 11.2. The average molecular weight is 173 g/mol. The Morgan fingerprint density at radius 3 is 3.09 bits per heavy atom. The third-order valence-corrected chi connectivity index (χ3v) is 2.53. The van der Waals surface area contributed by atoms with Crippen LogP contribution in [0.25, 0.3) is 0 Å². The summed E-state index contributed by atoms with van der Waals surface area (Å²) in [6.07, 6.45) is 3.50. The zero-order chi connectivity index (χ0) is 8.10. The molecule has 0 bridgehead atoms. The molecule has 5 heteroatoms. The van der Waals surface area contributed by atoms with Gasteiger partial charge in [-0.15, -0.1) is 0 Å². The number of aromatic nitrogens is 2. The van der Waals surface area contributed by atoms with E-state index in [1.165, 1.54) is 6.33 Å². The minimum Gasteiger partial charge on any atom is -0.610 e. The first-order valence-electron chi connectivity index (χ1n) is 3.30. The van der Waals surface area contributed by atoms with Gasteiger partial charge in [0.2, 0.25) is 0 Å². The second-order valence-electron chi connectivity index (χ2n) is 2.01. The fourth-order valence-corrected chi connectivity index (χ4v) is 1.62. The molecular weight excluding hydrogens is 164 g/mol. The lowest BCUT2D eigenvalue weighted by Gasteiger charge is -2.04. The number of hydrogen-bond donors (Lipinski definition) is 1. The van der Waals surface area contributed by atoms with Crippen LogP contribution in [0.5, 0.6) is 0 Å². The van der Waals surface area contributed by atoms with Gasteiger partial charge in [-0.1, -0.05) is 0 Å². The van der Waals surface area contributed by atoms with E-state index in [1.807, 2.05) is 0 Å². The van der Waals surface area contributed by atoms with Gasteiger partial charge in [-0.05, 0) is 0 Å². The Labute approximate surface area is 67.8 Å². The van der Waals surface area contributed by atoms with Crippen LogP contribution < -0.4 is 0 Å². The van der Waals surface area contributed by atoms with Gasteiger partial charge in [0.1, 0.15) is 5.75 Å². The number of aromatic amines is 1. The van der Waals surface area contributed by atoms with Crippen molar-refractivity contribution in [3.05, 3.63) is 12.5 Å². The Balaban J connectivity index is 2.36. The van der Waals surface area contributed by atoms with Crippen molar-refractivity contribution >= 4 is 11.2 Å². The molecule has 0 aliphatic carbocycles.